The second-order valence-corrected chi connectivity index (χ2v) is 8.20. The summed E-state index contributed by atoms with van der Waals surface area (Å²) >= 11 is 0. The van der Waals surface area contributed by atoms with Crippen LogP contribution in [0.5, 0.6) is 11.5 Å². The van der Waals surface area contributed by atoms with Gasteiger partial charge >= 0.3 is 0 Å². The highest BCUT2D eigenvalue weighted by atomic mass is 16.6. The van der Waals surface area contributed by atoms with E-state index in [0.717, 1.165) is 37.6 Å². The summed E-state index contributed by atoms with van der Waals surface area (Å²) in [5, 5.41) is 0. The predicted molar refractivity (Wildman–Crippen MR) is 96.9 cm³/mol. The second kappa shape index (κ2) is 7.35. The van der Waals surface area contributed by atoms with Crippen LogP contribution in [0.3, 0.4) is 0 Å². The van der Waals surface area contributed by atoms with Crippen molar-refractivity contribution in [1.29, 1.82) is 0 Å². The molecule has 24 heavy (non-hydrogen) atoms. The molecule has 3 nitrogen and oxygen atoms in total. The van der Waals surface area contributed by atoms with Crippen molar-refractivity contribution in [3.63, 3.8) is 0 Å². The molecular formula is C21H32O3. The van der Waals surface area contributed by atoms with Gasteiger partial charge in [0.2, 0.25) is 0 Å². The zero-order chi connectivity index (χ0) is 17.2. The first-order valence-electron chi connectivity index (χ1n) is 9.52. The molecule has 0 N–H and O–H groups in total. The standard InChI is InChI=1S/C21H32O3/c1-15(2)14-21(4)20(24-21)8-5-16(3)9-11-22-18-7-6-17-10-12-23-19(17)13-18/h6-7,13,15-16,20H,5,8-12,14H2,1-4H3. The third kappa shape index (κ3) is 4.44. The largest absolute Gasteiger partial charge is 0.493 e. The molecule has 3 unspecified atom stereocenters. The highest BCUT2D eigenvalue weighted by molar-refractivity contribution is 5.42. The van der Waals surface area contributed by atoms with Crippen molar-refractivity contribution in [1.82, 2.24) is 0 Å². The maximum absolute atomic E-state index is 5.94. The molecule has 3 rings (SSSR count). The summed E-state index contributed by atoms with van der Waals surface area (Å²) in [7, 11) is 0. The first-order valence-corrected chi connectivity index (χ1v) is 9.52. The molecule has 3 atom stereocenters. The fourth-order valence-corrected chi connectivity index (χ4v) is 3.84. The molecule has 2 aliphatic rings. The Hall–Kier alpha value is -1.22. The van der Waals surface area contributed by atoms with Gasteiger partial charge in [-0.1, -0.05) is 26.8 Å². The van der Waals surface area contributed by atoms with Gasteiger partial charge in [-0.3, -0.25) is 0 Å². The van der Waals surface area contributed by atoms with E-state index < -0.39 is 0 Å². The molecule has 0 radical (unpaired) electrons. The van der Waals surface area contributed by atoms with Crippen LogP contribution in [-0.4, -0.2) is 24.9 Å². The molecule has 0 amide bonds. The van der Waals surface area contributed by atoms with Gasteiger partial charge in [-0.25, -0.2) is 0 Å². The van der Waals surface area contributed by atoms with Crippen LogP contribution in [0.4, 0.5) is 0 Å². The molecule has 1 fully saturated rings. The zero-order valence-corrected chi connectivity index (χ0v) is 15.6. The van der Waals surface area contributed by atoms with Gasteiger partial charge in [0.1, 0.15) is 11.5 Å². The third-order valence-electron chi connectivity index (χ3n) is 5.32. The molecule has 0 aromatic heterocycles. The average Bonchev–Trinajstić information content (AvgIpc) is 2.94. The van der Waals surface area contributed by atoms with Gasteiger partial charge in [0.25, 0.3) is 0 Å². The van der Waals surface area contributed by atoms with Gasteiger partial charge in [-0.05, 0) is 56.1 Å². The third-order valence-corrected chi connectivity index (χ3v) is 5.32. The lowest BCUT2D eigenvalue weighted by atomic mass is 9.91. The van der Waals surface area contributed by atoms with E-state index >= 15 is 0 Å². The highest BCUT2D eigenvalue weighted by Gasteiger charge is 2.51. The molecule has 2 heterocycles. The highest BCUT2D eigenvalue weighted by Crippen LogP contribution is 2.44. The van der Waals surface area contributed by atoms with E-state index in [9.17, 15) is 0 Å². The van der Waals surface area contributed by atoms with Gasteiger partial charge < -0.3 is 14.2 Å². The summed E-state index contributed by atoms with van der Waals surface area (Å²) in [6.07, 6.45) is 6.15. The number of ether oxygens (including phenoxy) is 3. The van der Waals surface area contributed by atoms with E-state index in [0.29, 0.717) is 17.9 Å². The summed E-state index contributed by atoms with van der Waals surface area (Å²) < 4.78 is 17.4. The Labute approximate surface area is 146 Å². The molecule has 1 saturated heterocycles. The summed E-state index contributed by atoms with van der Waals surface area (Å²) in [6, 6.07) is 6.22. The van der Waals surface area contributed by atoms with Gasteiger partial charge in [0.05, 0.1) is 24.9 Å². The molecule has 0 saturated carbocycles. The Morgan fingerprint density at radius 3 is 2.88 bits per heavy atom. The Kier molecular flexibility index (Phi) is 5.39. The minimum atomic E-state index is 0.148. The molecular weight excluding hydrogens is 300 g/mol. The predicted octanol–water partition coefficient (Wildman–Crippen LogP) is 5.01. The van der Waals surface area contributed by atoms with Crippen LogP contribution < -0.4 is 9.47 Å². The number of rotatable bonds is 9. The zero-order valence-electron chi connectivity index (χ0n) is 15.6. The summed E-state index contributed by atoms with van der Waals surface area (Å²) in [4.78, 5) is 0. The van der Waals surface area contributed by atoms with Crippen molar-refractivity contribution in [2.45, 2.75) is 71.5 Å². The minimum Gasteiger partial charge on any atom is -0.493 e. The van der Waals surface area contributed by atoms with Gasteiger partial charge in [0.15, 0.2) is 0 Å². The van der Waals surface area contributed by atoms with Gasteiger partial charge in [-0.15, -0.1) is 0 Å². The minimum absolute atomic E-state index is 0.148. The van der Waals surface area contributed by atoms with E-state index in [-0.39, 0.29) is 5.60 Å². The van der Waals surface area contributed by atoms with Crippen molar-refractivity contribution in [3.8, 4) is 11.5 Å². The number of hydrogen-bond donors (Lipinski definition) is 0. The number of benzene rings is 1. The van der Waals surface area contributed by atoms with E-state index in [2.05, 4.69) is 39.8 Å². The molecule has 0 spiro atoms. The van der Waals surface area contributed by atoms with Crippen LogP contribution in [-0.2, 0) is 11.2 Å². The molecule has 1 aromatic carbocycles. The first-order chi connectivity index (χ1) is 11.5. The monoisotopic (exact) mass is 332 g/mol. The lowest BCUT2D eigenvalue weighted by molar-refractivity contribution is 0.262. The smallest absolute Gasteiger partial charge is 0.126 e. The molecule has 0 aliphatic carbocycles. The van der Waals surface area contributed by atoms with Crippen LogP contribution >= 0.6 is 0 Å². The Balaban J connectivity index is 1.33. The van der Waals surface area contributed by atoms with E-state index in [1.165, 1.54) is 24.8 Å². The summed E-state index contributed by atoms with van der Waals surface area (Å²) in [5.41, 5.74) is 1.44. The summed E-state index contributed by atoms with van der Waals surface area (Å²) in [6.45, 7) is 10.7. The van der Waals surface area contributed by atoms with Crippen LogP contribution in [0.25, 0.3) is 0 Å². The Bertz CT molecular complexity index is 554. The number of hydrogen-bond acceptors (Lipinski definition) is 3. The lowest BCUT2D eigenvalue weighted by Gasteiger charge is -2.13. The van der Waals surface area contributed by atoms with Crippen molar-refractivity contribution < 1.29 is 14.2 Å². The topological polar surface area (TPSA) is 31.0 Å². The molecule has 0 bridgehead atoms. The van der Waals surface area contributed by atoms with E-state index in [4.69, 9.17) is 14.2 Å². The van der Waals surface area contributed by atoms with Gasteiger partial charge in [-0.2, -0.15) is 0 Å². The van der Waals surface area contributed by atoms with Crippen molar-refractivity contribution in [2.24, 2.45) is 11.8 Å². The molecule has 134 valence electrons. The normalized spacial score (nSPS) is 26.1. The summed E-state index contributed by atoms with van der Waals surface area (Å²) in [5.74, 6) is 3.30. The van der Waals surface area contributed by atoms with Crippen molar-refractivity contribution in [3.05, 3.63) is 23.8 Å². The SMILES string of the molecule is CC(C)CC1(C)OC1CCC(C)CCOc1ccc2c(c1)OCC2. The van der Waals surface area contributed by atoms with Crippen molar-refractivity contribution >= 4 is 0 Å². The van der Waals surface area contributed by atoms with Crippen LogP contribution in [0.1, 0.15) is 58.9 Å². The Morgan fingerprint density at radius 2 is 2.08 bits per heavy atom. The van der Waals surface area contributed by atoms with Crippen LogP contribution in [0.15, 0.2) is 18.2 Å². The van der Waals surface area contributed by atoms with Crippen LogP contribution in [0.2, 0.25) is 0 Å². The van der Waals surface area contributed by atoms with Crippen molar-refractivity contribution in [2.75, 3.05) is 13.2 Å². The fourth-order valence-electron chi connectivity index (χ4n) is 3.84. The first kappa shape index (κ1) is 17.6. The quantitative estimate of drug-likeness (QED) is 0.596. The second-order valence-electron chi connectivity index (χ2n) is 8.20. The van der Waals surface area contributed by atoms with E-state index in [1.54, 1.807) is 0 Å². The fraction of sp³-hybridized carbons (Fsp3) is 0.714. The maximum Gasteiger partial charge on any atom is 0.126 e. The molecule has 3 heteroatoms. The van der Waals surface area contributed by atoms with Crippen LogP contribution in [0, 0.1) is 11.8 Å². The Morgan fingerprint density at radius 1 is 1.25 bits per heavy atom. The molecule has 2 aliphatic heterocycles. The molecule has 1 aromatic rings. The van der Waals surface area contributed by atoms with Gasteiger partial charge in [0, 0.05) is 12.5 Å². The lowest BCUT2D eigenvalue weighted by Crippen LogP contribution is -2.14. The van der Waals surface area contributed by atoms with E-state index in [1.807, 2.05) is 6.07 Å². The maximum atomic E-state index is 5.94. The number of epoxide rings is 1. The number of fused-ring (bicyclic) bond motifs is 1. The average molecular weight is 332 g/mol.